The van der Waals surface area contributed by atoms with Gasteiger partial charge < -0.3 is 0 Å². The zero-order chi connectivity index (χ0) is 19.7. The molecule has 1 N–H and O–H groups in total. The van der Waals surface area contributed by atoms with E-state index in [1.807, 2.05) is 93.6 Å². The number of hydrogen-bond donors (Lipinski definition) is 1. The molecule has 0 aliphatic heterocycles. The Labute approximate surface area is 163 Å². The summed E-state index contributed by atoms with van der Waals surface area (Å²) < 4.78 is 39.9. The third-order valence-electron chi connectivity index (χ3n) is 4.80. The summed E-state index contributed by atoms with van der Waals surface area (Å²) in [4.78, 5) is 0. The molecule has 3 aromatic rings. The molecular weight excluding hydrogens is 396 g/mol. The molecule has 0 saturated heterocycles. The number of rotatable bonds is 5. The van der Waals surface area contributed by atoms with Gasteiger partial charge in [-0.05, 0) is 0 Å². The average molecular weight is 418 g/mol. The SMILES string of the molecule is Cc1ccccc1[Si]([O][Cr](=[O])(=[O])[OH])(c1ccccc1C)c1ccccc1C. The van der Waals surface area contributed by atoms with E-state index in [1.165, 1.54) is 0 Å². The summed E-state index contributed by atoms with van der Waals surface area (Å²) in [5, 5.41) is 2.45. The number of benzene rings is 3. The van der Waals surface area contributed by atoms with Crippen LogP contribution in [0.1, 0.15) is 16.7 Å². The summed E-state index contributed by atoms with van der Waals surface area (Å²) in [5.41, 5.74) is 2.78. The molecule has 6 heteroatoms. The zero-order valence-corrected chi connectivity index (χ0v) is 17.8. The molecular formula is C21H22CrO4Si. The van der Waals surface area contributed by atoms with Crippen molar-refractivity contribution in [3.63, 3.8) is 0 Å². The van der Waals surface area contributed by atoms with E-state index in [2.05, 4.69) is 0 Å². The van der Waals surface area contributed by atoms with E-state index in [0.717, 1.165) is 32.3 Å². The molecule has 0 amide bonds. The van der Waals surface area contributed by atoms with Crippen LogP contribution >= 0.6 is 0 Å². The van der Waals surface area contributed by atoms with Gasteiger partial charge in [0.1, 0.15) is 0 Å². The first kappa shape index (κ1) is 19.7. The minimum atomic E-state index is -5.55. The average Bonchev–Trinajstić information content (AvgIpc) is 2.60. The molecule has 0 unspecified atom stereocenters. The zero-order valence-electron chi connectivity index (χ0n) is 15.5. The third kappa shape index (κ3) is 3.81. The van der Waals surface area contributed by atoms with E-state index in [0.29, 0.717) is 0 Å². The van der Waals surface area contributed by atoms with Crippen molar-refractivity contribution in [2.45, 2.75) is 20.8 Å². The van der Waals surface area contributed by atoms with Gasteiger partial charge >= 0.3 is 163 Å². The first-order chi connectivity index (χ1) is 12.8. The molecule has 4 nitrogen and oxygen atoms in total. The van der Waals surface area contributed by atoms with E-state index in [-0.39, 0.29) is 0 Å². The first-order valence-electron chi connectivity index (χ1n) is 8.62. The van der Waals surface area contributed by atoms with Gasteiger partial charge in [0.25, 0.3) is 0 Å². The van der Waals surface area contributed by atoms with Crippen molar-refractivity contribution < 1.29 is 28.9 Å². The van der Waals surface area contributed by atoms with Crippen LogP contribution in [0.15, 0.2) is 72.8 Å². The van der Waals surface area contributed by atoms with Gasteiger partial charge in [0, 0.05) is 0 Å². The topological polar surface area (TPSA) is 63.6 Å². The van der Waals surface area contributed by atoms with Crippen LogP contribution in [0.5, 0.6) is 0 Å². The Balaban J connectivity index is 2.52. The number of aryl methyl sites for hydroxylation is 3. The molecule has 0 atom stereocenters. The molecule has 3 rings (SSSR count). The minimum absolute atomic E-state index is 0.816. The molecule has 0 aliphatic carbocycles. The Morgan fingerprint density at radius 3 is 1.22 bits per heavy atom. The maximum absolute atomic E-state index is 12.1. The Morgan fingerprint density at radius 2 is 0.963 bits per heavy atom. The summed E-state index contributed by atoms with van der Waals surface area (Å²) in [6.45, 7) is 5.82. The van der Waals surface area contributed by atoms with Crippen molar-refractivity contribution in [2.24, 2.45) is 0 Å². The predicted molar refractivity (Wildman–Crippen MR) is 103 cm³/mol. The molecule has 0 spiro atoms. The van der Waals surface area contributed by atoms with Gasteiger partial charge in [-0.15, -0.1) is 0 Å². The molecule has 140 valence electrons. The van der Waals surface area contributed by atoms with Gasteiger partial charge in [-0.3, -0.25) is 0 Å². The van der Waals surface area contributed by atoms with Crippen LogP contribution in [-0.4, -0.2) is 12.5 Å². The predicted octanol–water partition coefficient (Wildman–Crippen LogP) is 2.26. The fourth-order valence-corrected chi connectivity index (χ4v) is 10.7. The summed E-state index contributed by atoms with van der Waals surface area (Å²) in [5.74, 6) is 0. The summed E-state index contributed by atoms with van der Waals surface area (Å²) in [6.07, 6.45) is 0. The van der Waals surface area contributed by atoms with Crippen LogP contribution in [-0.2, 0) is 24.7 Å². The quantitative estimate of drug-likeness (QED) is 0.510. The molecule has 3 aromatic carbocycles. The van der Waals surface area contributed by atoms with Gasteiger partial charge in [0.2, 0.25) is 0 Å². The van der Waals surface area contributed by atoms with E-state index < -0.39 is 21.9 Å². The first-order valence-corrected chi connectivity index (χ1v) is 12.7. The molecule has 0 fully saturated rings. The molecule has 0 heterocycles. The van der Waals surface area contributed by atoms with Crippen molar-refractivity contribution in [3.05, 3.63) is 89.5 Å². The van der Waals surface area contributed by atoms with E-state index in [4.69, 9.17) is 3.48 Å². The van der Waals surface area contributed by atoms with Crippen LogP contribution in [0.3, 0.4) is 0 Å². The van der Waals surface area contributed by atoms with Crippen molar-refractivity contribution in [1.29, 1.82) is 0 Å². The molecule has 0 saturated carbocycles. The summed E-state index contributed by atoms with van der Waals surface area (Å²) in [7, 11) is -3.50. The molecule has 27 heavy (non-hydrogen) atoms. The molecule has 0 aliphatic rings. The van der Waals surface area contributed by atoms with Crippen LogP contribution in [0.4, 0.5) is 0 Å². The van der Waals surface area contributed by atoms with Crippen molar-refractivity contribution >= 4 is 23.9 Å². The second-order valence-electron chi connectivity index (χ2n) is 6.64. The van der Waals surface area contributed by atoms with Crippen molar-refractivity contribution in [3.8, 4) is 0 Å². The van der Waals surface area contributed by atoms with Crippen molar-refractivity contribution in [2.75, 3.05) is 0 Å². The monoisotopic (exact) mass is 418 g/mol. The van der Waals surface area contributed by atoms with E-state index in [9.17, 15) is 11.8 Å². The van der Waals surface area contributed by atoms with Gasteiger partial charge in [0.05, 0.1) is 0 Å². The Kier molecular flexibility index (Phi) is 5.48. The number of hydrogen-bond acceptors (Lipinski definition) is 3. The summed E-state index contributed by atoms with van der Waals surface area (Å²) >= 11 is -5.55. The Morgan fingerprint density at radius 1 is 0.667 bits per heavy atom. The second kappa shape index (κ2) is 7.51. The van der Waals surface area contributed by atoms with E-state index in [1.54, 1.807) is 0 Å². The van der Waals surface area contributed by atoms with E-state index >= 15 is 0 Å². The molecule has 0 radical (unpaired) electrons. The van der Waals surface area contributed by atoms with Gasteiger partial charge in [-0.2, -0.15) is 0 Å². The van der Waals surface area contributed by atoms with Crippen molar-refractivity contribution in [1.82, 2.24) is 0 Å². The van der Waals surface area contributed by atoms with Gasteiger partial charge in [-0.1, -0.05) is 0 Å². The Bertz CT molecular complexity index is 966. The molecule has 0 bridgehead atoms. The normalized spacial score (nSPS) is 12.1. The fourth-order valence-electron chi connectivity index (χ4n) is 3.63. The third-order valence-corrected chi connectivity index (χ3v) is 11.4. The van der Waals surface area contributed by atoms with Gasteiger partial charge in [0.15, 0.2) is 0 Å². The fraction of sp³-hybridized carbons (Fsp3) is 0.143. The van der Waals surface area contributed by atoms with Crippen LogP contribution in [0.25, 0.3) is 0 Å². The Hall–Kier alpha value is -2.07. The summed E-state index contributed by atoms with van der Waals surface area (Å²) in [6, 6.07) is 22.9. The van der Waals surface area contributed by atoms with Crippen LogP contribution in [0, 0.1) is 20.8 Å². The molecule has 0 aromatic heterocycles. The van der Waals surface area contributed by atoms with Crippen LogP contribution < -0.4 is 15.6 Å². The second-order valence-corrected chi connectivity index (χ2v) is 11.9. The maximum atomic E-state index is 12.1. The van der Waals surface area contributed by atoms with Gasteiger partial charge in [-0.25, -0.2) is 0 Å². The van der Waals surface area contributed by atoms with Crippen LogP contribution in [0.2, 0.25) is 0 Å². The standard InChI is InChI=1S/C21H21OSi.Cr.H2O.2O/c1-16-10-4-7-13-19(16)23(22,20-14-8-5-11-17(20)2)21-15-9-6-12-18(21)3;;;;/h4-15H,1-3H3;;1H2;;/q-1;+2;;;/p-1.